The molecule has 0 aromatic heterocycles. The Morgan fingerprint density at radius 3 is 1.11 bits per heavy atom. The van der Waals surface area contributed by atoms with Gasteiger partial charge in [-0.3, -0.25) is 0 Å². The molecule has 9 heavy (non-hydrogen) atoms. The molecule has 0 fully saturated rings. The lowest BCUT2D eigenvalue weighted by Crippen LogP contribution is -2.57. The average molecular weight is 147 g/mol. The second kappa shape index (κ2) is 4.61. The van der Waals surface area contributed by atoms with E-state index in [1.165, 1.54) is 0 Å². The molecule has 1 nitrogen and oxygen atoms in total. The van der Waals surface area contributed by atoms with Crippen molar-refractivity contribution in [2.45, 2.75) is 19.9 Å². The zero-order valence-corrected chi connectivity index (χ0v) is 5.37. The second-order valence-electron chi connectivity index (χ2n) is 1.89. The van der Waals surface area contributed by atoms with Crippen molar-refractivity contribution in [1.82, 2.24) is 0 Å². The summed E-state index contributed by atoms with van der Waals surface area (Å²) in [6.07, 6.45) is 0. The molecule has 0 aromatic rings. The minimum atomic E-state index is -6.00. The van der Waals surface area contributed by atoms with E-state index in [0.29, 0.717) is 6.04 Å². The van der Waals surface area contributed by atoms with Crippen molar-refractivity contribution in [3.63, 3.8) is 0 Å². The standard InChI is InChI=1S/C3H9N.BF4/c1-3(2)4;2-1(3,4)5/h3H,4H2,1-2H3;/q;-1/p+1. The predicted octanol–water partition coefficient (Wildman–Crippen LogP) is 0.937. The van der Waals surface area contributed by atoms with Crippen LogP contribution in [0.25, 0.3) is 0 Å². The van der Waals surface area contributed by atoms with E-state index in [1.54, 1.807) is 0 Å². The van der Waals surface area contributed by atoms with Crippen LogP contribution in [0.15, 0.2) is 0 Å². The van der Waals surface area contributed by atoms with Gasteiger partial charge in [0, 0.05) is 0 Å². The normalized spacial score (nSPS) is 10.7. The molecule has 0 atom stereocenters. The van der Waals surface area contributed by atoms with Crippen LogP contribution in [0.5, 0.6) is 0 Å². The Kier molecular flexibility index (Phi) is 5.90. The van der Waals surface area contributed by atoms with Gasteiger partial charge in [-0.2, -0.15) is 0 Å². The van der Waals surface area contributed by atoms with Gasteiger partial charge in [0.2, 0.25) is 0 Å². The molecule has 0 spiro atoms. The van der Waals surface area contributed by atoms with Crippen molar-refractivity contribution in [2.24, 2.45) is 0 Å². The molecule has 0 amide bonds. The fourth-order valence-corrected chi connectivity index (χ4v) is 0. The summed E-state index contributed by atoms with van der Waals surface area (Å²) in [4.78, 5) is 0. The van der Waals surface area contributed by atoms with Gasteiger partial charge in [0.05, 0.1) is 6.04 Å². The van der Waals surface area contributed by atoms with Gasteiger partial charge in [-0.05, 0) is 13.8 Å². The quantitative estimate of drug-likeness (QED) is 0.390. The summed E-state index contributed by atoms with van der Waals surface area (Å²) in [5, 5.41) is 0. The third kappa shape index (κ3) is 3930. The summed E-state index contributed by atoms with van der Waals surface area (Å²) in [7, 11) is -6.00. The third-order valence-corrected chi connectivity index (χ3v) is 0. The van der Waals surface area contributed by atoms with Crippen LogP contribution in [0.4, 0.5) is 17.3 Å². The van der Waals surface area contributed by atoms with E-state index in [2.05, 4.69) is 19.6 Å². The molecule has 0 bridgehead atoms. The molecule has 6 heteroatoms. The number of quaternary nitrogens is 1. The largest absolute Gasteiger partial charge is 0.673 e. The lowest BCUT2D eigenvalue weighted by atomic mass is 10.3. The highest BCUT2D eigenvalue weighted by Crippen LogP contribution is 2.06. The molecule has 58 valence electrons. The Morgan fingerprint density at radius 1 is 1.11 bits per heavy atom. The molecule has 3 N–H and O–H groups in total. The first-order chi connectivity index (χ1) is 3.73. The average Bonchev–Trinajstić information content (AvgIpc) is 1.19. The van der Waals surface area contributed by atoms with Gasteiger partial charge in [0.15, 0.2) is 0 Å². The van der Waals surface area contributed by atoms with Gasteiger partial charge in [0.1, 0.15) is 0 Å². The molecular weight excluding hydrogens is 137 g/mol. The maximum absolute atomic E-state index is 9.75. The van der Waals surface area contributed by atoms with Crippen LogP contribution < -0.4 is 5.73 Å². The first kappa shape index (κ1) is 11.5. The van der Waals surface area contributed by atoms with Crippen LogP contribution in [0.3, 0.4) is 0 Å². The zero-order valence-electron chi connectivity index (χ0n) is 5.37. The molecule has 0 aliphatic rings. The first-order valence-electron chi connectivity index (χ1n) is 2.44. The minimum absolute atomic E-state index is 0.583. The Morgan fingerprint density at radius 2 is 1.11 bits per heavy atom. The van der Waals surface area contributed by atoms with Gasteiger partial charge in [-0.1, -0.05) is 0 Å². The Bertz CT molecular complexity index is 52.6. The molecule has 0 radical (unpaired) electrons. The van der Waals surface area contributed by atoms with Gasteiger partial charge < -0.3 is 23.0 Å². The summed E-state index contributed by atoms with van der Waals surface area (Å²) in [5.41, 5.74) is 3.64. The molecule has 0 unspecified atom stereocenters. The van der Waals surface area contributed by atoms with Crippen molar-refractivity contribution < 1.29 is 23.0 Å². The van der Waals surface area contributed by atoms with E-state index >= 15 is 0 Å². The SMILES string of the molecule is CC(C)[NH3+].F[B-](F)(F)F. The van der Waals surface area contributed by atoms with Crippen molar-refractivity contribution in [3.05, 3.63) is 0 Å². The summed E-state index contributed by atoms with van der Waals surface area (Å²) >= 11 is 0. The van der Waals surface area contributed by atoms with E-state index in [1.807, 2.05) is 0 Å². The van der Waals surface area contributed by atoms with Crippen molar-refractivity contribution in [1.29, 1.82) is 0 Å². The summed E-state index contributed by atoms with van der Waals surface area (Å²) in [6, 6.07) is 0.583. The Labute approximate surface area is 51.3 Å². The van der Waals surface area contributed by atoms with Gasteiger partial charge in [-0.15, -0.1) is 0 Å². The minimum Gasteiger partial charge on any atom is -0.418 e. The smallest absolute Gasteiger partial charge is 0.418 e. The molecule has 0 rings (SSSR count). The lowest BCUT2D eigenvalue weighted by molar-refractivity contribution is -0.407. The van der Waals surface area contributed by atoms with Gasteiger partial charge in [0.25, 0.3) is 0 Å². The van der Waals surface area contributed by atoms with Gasteiger partial charge >= 0.3 is 7.25 Å². The maximum atomic E-state index is 9.75. The van der Waals surface area contributed by atoms with E-state index in [9.17, 15) is 17.3 Å². The molecular formula is C3H10BF4N. The molecule has 0 heterocycles. The van der Waals surface area contributed by atoms with Crippen LogP contribution in [-0.4, -0.2) is 13.3 Å². The zero-order chi connectivity index (χ0) is 8.08. The second-order valence-corrected chi connectivity index (χ2v) is 1.89. The topological polar surface area (TPSA) is 27.6 Å². The number of hydrogen-bond acceptors (Lipinski definition) is 0. The number of rotatable bonds is 0. The first-order valence-corrected chi connectivity index (χ1v) is 2.44. The highest BCUT2D eigenvalue weighted by Gasteiger charge is 2.20. The fraction of sp³-hybridized carbons (Fsp3) is 1.00. The molecule has 0 aliphatic carbocycles. The predicted molar refractivity (Wildman–Crippen MR) is 28.2 cm³/mol. The monoisotopic (exact) mass is 147 g/mol. The maximum Gasteiger partial charge on any atom is 0.673 e. The van der Waals surface area contributed by atoms with Gasteiger partial charge in [-0.25, -0.2) is 0 Å². The van der Waals surface area contributed by atoms with Crippen molar-refractivity contribution >= 4 is 7.25 Å². The Hall–Kier alpha value is -0.255. The highest BCUT2D eigenvalue weighted by molar-refractivity contribution is 6.50. The highest BCUT2D eigenvalue weighted by atomic mass is 19.5. The Balaban J connectivity index is 0. The van der Waals surface area contributed by atoms with E-state index in [4.69, 9.17) is 0 Å². The summed E-state index contributed by atoms with van der Waals surface area (Å²) in [6.45, 7) is 4.11. The van der Waals surface area contributed by atoms with E-state index < -0.39 is 7.25 Å². The van der Waals surface area contributed by atoms with Crippen LogP contribution in [-0.2, 0) is 0 Å². The lowest BCUT2D eigenvalue weighted by Gasteiger charge is -1.94. The third-order valence-electron chi connectivity index (χ3n) is 0. The molecule has 0 saturated heterocycles. The van der Waals surface area contributed by atoms with Crippen LogP contribution in [0.1, 0.15) is 13.8 Å². The van der Waals surface area contributed by atoms with Crippen molar-refractivity contribution in [2.75, 3.05) is 0 Å². The van der Waals surface area contributed by atoms with E-state index in [-0.39, 0.29) is 0 Å². The van der Waals surface area contributed by atoms with Crippen LogP contribution >= 0.6 is 0 Å². The molecule has 0 aliphatic heterocycles. The van der Waals surface area contributed by atoms with Crippen LogP contribution in [0, 0.1) is 0 Å². The van der Waals surface area contributed by atoms with Crippen molar-refractivity contribution in [3.8, 4) is 0 Å². The number of halogens is 4. The molecule has 0 saturated carbocycles. The summed E-state index contributed by atoms with van der Waals surface area (Å²) < 4.78 is 39.0. The van der Waals surface area contributed by atoms with E-state index in [0.717, 1.165) is 0 Å². The summed E-state index contributed by atoms with van der Waals surface area (Å²) in [5.74, 6) is 0. The number of hydrogen-bond donors (Lipinski definition) is 1. The molecule has 0 aromatic carbocycles. The fourth-order valence-electron chi connectivity index (χ4n) is 0. The van der Waals surface area contributed by atoms with Crippen LogP contribution in [0.2, 0.25) is 0 Å².